The Balaban J connectivity index is 1.63. The molecule has 0 bridgehead atoms. The number of hydrogen-bond acceptors (Lipinski definition) is 5. The number of anilines is 1. The number of piperazine rings is 1. The molecule has 140 valence electrons. The van der Waals surface area contributed by atoms with Crippen LogP contribution in [0.15, 0.2) is 52.2 Å². The van der Waals surface area contributed by atoms with Gasteiger partial charge in [0.2, 0.25) is 0 Å². The van der Waals surface area contributed by atoms with Gasteiger partial charge in [-0.15, -0.1) is 0 Å². The number of hydrogen-bond donors (Lipinski definition) is 2. The van der Waals surface area contributed by atoms with E-state index in [4.69, 9.17) is 4.42 Å². The van der Waals surface area contributed by atoms with Crippen molar-refractivity contribution in [2.24, 2.45) is 4.99 Å². The summed E-state index contributed by atoms with van der Waals surface area (Å²) in [5.41, 5.74) is -1.13. The van der Waals surface area contributed by atoms with Crippen molar-refractivity contribution in [2.45, 2.75) is 19.4 Å². The van der Waals surface area contributed by atoms with Crippen LogP contribution in [0.1, 0.15) is 19.6 Å². The van der Waals surface area contributed by atoms with Gasteiger partial charge in [-0.05, 0) is 38.1 Å². The van der Waals surface area contributed by atoms with Crippen LogP contribution in [-0.2, 0) is 5.60 Å². The first kappa shape index (κ1) is 18.3. The number of rotatable bonds is 5. The Morgan fingerprint density at radius 2 is 2.08 bits per heavy atom. The van der Waals surface area contributed by atoms with E-state index >= 15 is 0 Å². The molecule has 1 saturated heterocycles. The molecule has 3 heterocycles. The predicted molar refractivity (Wildman–Crippen MR) is 102 cm³/mol. The second-order valence-corrected chi connectivity index (χ2v) is 6.58. The van der Waals surface area contributed by atoms with E-state index in [1.165, 1.54) is 0 Å². The minimum atomic E-state index is -1.13. The second-order valence-electron chi connectivity index (χ2n) is 6.58. The fourth-order valence-corrected chi connectivity index (χ4v) is 3.01. The quantitative estimate of drug-likeness (QED) is 0.626. The number of aromatic nitrogens is 1. The van der Waals surface area contributed by atoms with Gasteiger partial charge in [-0.25, -0.2) is 9.98 Å². The summed E-state index contributed by atoms with van der Waals surface area (Å²) in [6, 6.07) is 9.52. The molecular weight excluding hydrogens is 330 g/mol. The van der Waals surface area contributed by atoms with Crippen LogP contribution in [-0.4, -0.2) is 60.2 Å². The van der Waals surface area contributed by atoms with Crippen molar-refractivity contribution >= 4 is 11.8 Å². The highest BCUT2D eigenvalue weighted by molar-refractivity contribution is 5.80. The van der Waals surface area contributed by atoms with Gasteiger partial charge in [0.1, 0.15) is 17.2 Å². The average Bonchev–Trinajstić information content (AvgIpc) is 3.22. The Labute approximate surface area is 154 Å². The third kappa shape index (κ3) is 4.35. The smallest absolute Gasteiger partial charge is 0.194 e. The molecule has 2 aromatic heterocycles. The molecule has 0 aliphatic carbocycles. The van der Waals surface area contributed by atoms with E-state index in [9.17, 15) is 5.11 Å². The van der Waals surface area contributed by atoms with Gasteiger partial charge in [-0.1, -0.05) is 6.07 Å². The minimum Gasteiger partial charge on any atom is -0.466 e. The Bertz CT molecular complexity index is 692. The first-order valence-electron chi connectivity index (χ1n) is 9.06. The lowest BCUT2D eigenvalue weighted by molar-refractivity contribution is 0.0434. The highest BCUT2D eigenvalue weighted by Crippen LogP contribution is 2.21. The molecule has 1 unspecified atom stereocenters. The Morgan fingerprint density at radius 1 is 1.27 bits per heavy atom. The van der Waals surface area contributed by atoms with Crippen LogP contribution in [0, 0.1) is 0 Å². The zero-order valence-corrected chi connectivity index (χ0v) is 15.4. The van der Waals surface area contributed by atoms with E-state index in [2.05, 4.69) is 25.1 Å². The van der Waals surface area contributed by atoms with Crippen molar-refractivity contribution in [3.63, 3.8) is 0 Å². The van der Waals surface area contributed by atoms with Crippen molar-refractivity contribution in [1.29, 1.82) is 0 Å². The maximum absolute atomic E-state index is 10.6. The first-order valence-corrected chi connectivity index (χ1v) is 9.06. The lowest BCUT2D eigenvalue weighted by Crippen LogP contribution is -2.53. The summed E-state index contributed by atoms with van der Waals surface area (Å²) in [4.78, 5) is 13.6. The molecule has 2 N–H and O–H groups in total. The third-order valence-corrected chi connectivity index (χ3v) is 4.48. The van der Waals surface area contributed by atoms with Crippen molar-refractivity contribution in [1.82, 2.24) is 15.2 Å². The van der Waals surface area contributed by atoms with E-state index in [1.54, 1.807) is 25.3 Å². The predicted octanol–water partition coefficient (Wildman–Crippen LogP) is 1.67. The molecule has 7 heteroatoms. The van der Waals surface area contributed by atoms with Crippen LogP contribution in [0.25, 0.3) is 0 Å². The molecule has 1 atom stereocenters. The molecule has 0 aromatic carbocycles. The number of nitrogens with zero attached hydrogens (tertiary/aromatic N) is 4. The number of pyridine rings is 1. The SMILES string of the molecule is CCNC(=NCC(C)(O)c1ccco1)N1CCN(c2ccccn2)CC1. The number of furan rings is 1. The summed E-state index contributed by atoms with van der Waals surface area (Å²) in [6.07, 6.45) is 3.39. The Hall–Kier alpha value is -2.54. The highest BCUT2D eigenvalue weighted by atomic mass is 16.4. The largest absolute Gasteiger partial charge is 0.466 e. The van der Waals surface area contributed by atoms with Crippen LogP contribution >= 0.6 is 0 Å². The Kier molecular flexibility index (Phi) is 5.78. The summed E-state index contributed by atoms with van der Waals surface area (Å²) in [7, 11) is 0. The van der Waals surface area contributed by atoms with Crippen LogP contribution in [0.3, 0.4) is 0 Å². The van der Waals surface area contributed by atoms with Gasteiger partial charge in [-0.2, -0.15) is 0 Å². The first-order chi connectivity index (χ1) is 12.6. The van der Waals surface area contributed by atoms with E-state index in [0.717, 1.165) is 44.5 Å². The molecule has 0 radical (unpaired) electrons. The van der Waals surface area contributed by atoms with Gasteiger partial charge in [-0.3, -0.25) is 0 Å². The van der Waals surface area contributed by atoms with Gasteiger partial charge >= 0.3 is 0 Å². The molecule has 3 rings (SSSR count). The number of guanidine groups is 1. The lowest BCUT2D eigenvalue weighted by Gasteiger charge is -2.37. The van der Waals surface area contributed by atoms with Gasteiger partial charge in [0.25, 0.3) is 0 Å². The van der Waals surface area contributed by atoms with Crippen LogP contribution in [0.4, 0.5) is 5.82 Å². The van der Waals surface area contributed by atoms with Crippen molar-refractivity contribution in [3.05, 3.63) is 48.6 Å². The summed E-state index contributed by atoms with van der Waals surface area (Å²) in [5, 5.41) is 13.9. The van der Waals surface area contributed by atoms with Crippen molar-refractivity contribution in [2.75, 3.05) is 44.2 Å². The van der Waals surface area contributed by atoms with E-state index in [0.29, 0.717) is 5.76 Å². The lowest BCUT2D eigenvalue weighted by atomic mass is 10.0. The van der Waals surface area contributed by atoms with Gasteiger partial charge in [0.05, 0.1) is 12.8 Å². The van der Waals surface area contributed by atoms with E-state index in [1.807, 2.05) is 31.3 Å². The topological polar surface area (TPSA) is 77.1 Å². The van der Waals surface area contributed by atoms with Crippen LogP contribution < -0.4 is 10.2 Å². The van der Waals surface area contributed by atoms with E-state index in [-0.39, 0.29) is 6.54 Å². The molecule has 1 fully saturated rings. The summed E-state index contributed by atoms with van der Waals surface area (Å²) in [6.45, 7) is 8.26. The molecule has 26 heavy (non-hydrogen) atoms. The molecule has 7 nitrogen and oxygen atoms in total. The molecule has 1 aliphatic heterocycles. The maximum Gasteiger partial charge on any atom is 0.194 e. The third-order valence-electron chi connectivity index (χ3n) is 4.48. The van der Waals surface area contributed by atoms with Crippen molar-refractivity contribution in [3.8, 4) is 0 Å². The fourth-order valence-electron chi connectivity index (χ4n) is 3.01. The number of aliphatic hydroxyl groups is 1. The Morgan fingerprint density at radius 3 is 2.69 bits per heavy atom. The highest BCUT2D eigenvalue weighted by Gasteiger charge is 2.27. The maximum atomic E-state index is 10.6. The summed E-state index contributed by atoms with van der Waals surface area (Å²) >= 11 is 0. The molecule has 0 spiro atoms. The van der Waals surface area contributed by atoms with Gasteiger partial charge in [0, 0.05) is 38.9 Å². The number of nitrogens with one attached hydrogen (secondary N) is 1. The normalized spacial score (nSPS) is 17.9. The van der Waals surface area contributed by atoms with E-state index < -0.39 is 5.60 Å². The zero-order chi connectivity index (χ0) is 18.4. The van der Waals surface area contributed by atoms with Crippen molar-refractivity contribution < 1.29 is 9.52 Å². The summed E-state index contributed by atoms with van der Waals surface area (Å²) in [5.74, 6) is 2.35. The number of aliphatic imine (C=N–C) groups is 1. The van der Waals surface area contributed by atoms with Gasteiger partial charge < -0.3 is 24.6 Å². The molecule has 2 aromatic rings. The second kappa shape index (κ2) is 8.23. The van der Waals surface area contributed by atoms with Crippen LogP contribution in [0.5, 0.6) is 0 Å². The molecule has 0 amide bonds. The minimum absolute atomic E-state index is 0.239. The van der Waals surface area contributed by atoms with Gasteiger partial charge in [0.15, 0.2) is 5.96 Å². The molecular formula is C19H27N5O2. The van der Waals surface area contributed by atoms with Crippen LogP contribution in [0.2, 0.25) is 0 Å². The monoisotopic (exact) mass is 357 g/mol. The molecule has 1 aliphatic rings. The fraction of sp³-hybridized carbons (Fsp3) is 0.474. The average molecular weight is 357 g/mol. The zero-order valence-electron chi connectivity index (χ0n) is 15.4. The standard InChI is InChI=1S/C19H27N5O2/c1-3-20-18(22-15-19(2,25)16-7-6-14-26-16)24-12-10-23(11-13-24)17-8-4-5-9-21-17/h4-9,14,25H,3,10-13,15H2,1-2H3,(H,20,22). The summed E-state index contributed by atoms with van der Waals surface area (Å²) < 4.78 is 5.33. The molecule has 0 saturated carbocycles.